The number of aryl methyl sites for hydroxylation is 2. The molecule has 2 N–H and O–H groups in total. The van der Waals surface area contributed by atoms with Crippen LogP contribution in [0.15, 0.2) is 9.52 Å². The standard InChI is InChI=1S/C21H38N6O3.HI/c1-7-17-16(18(8-2)30-25-17)15-24-19(22-6)23-9-10-26-11-13-27(14-12-26)20(28)29-21(3,4)5;/h7-15H2,1-6H3,(H2,22,23,24);1H. The first kappa shape index (κ1) is 27.5. The monoisotopic (exact) mass is 550 g/mol. The van der Waals surface area contributed by atoms with Crippen molar-refractivity contribution in [3.8, 4) is 0 Å². The first-order chi connectivity index (χ1) is 14.3. The number of amides is 1. The maximum atomic E-state index is 12.2. The lowest BCUT2D eigenvalue weighted by Gasteiger charge is -2.35. The molecule has 0 atom stereocenters. The minimum absolute atomic E-state index is 0. The molecule has 31 heavy (non-hydrogen) atoms. The van der Waals surface area contributed by atoms with Crippen molar-refractivity contribution in [3.63, 3.8) is 0 Å². The van der Waals surface area contributed by atoms with Crippen molar-refractivity contribution in [2.45, 2.75) is 59.6 Å². The van der Waals surface area contributed by atoms with E-state index in [1.165, 1.54) is 0 Å². The second kappa shape index (κ2) is 13.1. The van der Waals surface area contributed by atoms with Crippen molar-refractivity contribution in [1.29, 1.82) is 0 Å². The summed E-state index contributed by atoms with van der Waals surface area (Å²) in [5, 5.41) is 10.9. The summed E-state index contributed by atoms with van der Waals surface area (Å²) in [4.78, 5) is 20.6. The molecule has 0 unspecified atom stereocenters. The highest BCUT2D eigenvalue weighted by Crippen LogP contribution is 2.15. The number of hydrogen-bond acceptors (Lipinski definition) is 6. The molecule has 9 nitrogen and oxygen atoms in total. The number of nitrogens with zero attached hydrogens (tertiary/aromatic N) is 4. The lowest BCUT2D eigenvalue weighted by atomic mass is 10.1. The number of ether oxygens (including phenoxy) is 1. The quantitative estimate of drug-likeness (QED) is 0.306. The number of aromatic nitrogens is 1. The number of guanidine groups is 1. The number of rotatable bonds is 7. The fourth-order valence-electron chi connectivity index (χ4n) is 3.34. The van der Waals surface area contributed by atoms with Gasteiger partial charge in [0.25, 0.3) is 0 Å². The fourth-order valence-corrected chi connectivity index (χ4v) is 3.34. The summed E-state index contributed by atoms with van der Waals surface area (Å²) in [6.45, 7) is 15.2. The van der Waals surface area contributed by atoms with Gasteiger partial charge in [0.2, 0.25) is 0 Å². The van der Waals surface area contributed by atoms with Crippen LogP contribution in [-0.4, -0.2) is 78.9 Å². The van der Waals surface area contributed by atoms with Crippen LogP contribution in [0.4, 0.5) is 4.79 Å². The molecule has 0 radical (unpaired) electrons. The molecule has 1 fully saturated rings. The Morgan fingerprint density at radius 3 is 2.39 bits per heavy atom. The number of halogens is 1. The van der Waals surface area contributed by atoms with Gasteiger partial charge in [0.05, 0.1) is 5.69 Å². The van der Waals surface area contributed by atoms with E-state index in [0.29, 0.717) is 19.6 Å². The van der Waals surface area contributed by atoms with Gasteiger partial charge < -0.3 is 24.8 Å². The number of nitrogens with one attached hydrogen (secondary N) is 2. The number of piperazine rings is 1. The summed E-state index contributed by atoms with van der Waals surface area (Å²) in [7, 11) is 1.77. The van der Waals surface area contributed by atoms with Crippen LogP contribution in [0.5, 0.6) is 0 Å². The van der Waals surface area contributed by atoms with Crippen LogP contribution in [-0.2, 0) is 24.1 Å². The summed E-state index contributed by atoms with van der Waals surface area (Å²) in [5.74, 6) is 1.69. The fraction of sp³-hybridized carbons (Fsp3) is 0.762. The molecule has 0 aliphatic carbocycles. The molecule has 1 aliphatic heterocycles. The predicted molar refractivity (Wildman–Crippen MR) is 133 cm³/mol. The summed E-state index contributed by atoms with van der Waals surface area (Å²) < 4.78 is 10.9. The van der Waals surface area contributed by atoms with Crippen molar-refractivity contribution < 1.29 is 14.1 Å². The van der Waals surface area contributed by atoms with E-state index in [9.17, 15) is 4.79 Å². The van der Waals surface area contributed by atoms with E-state index in [1.54, 1.807) is 11.9 Å². The molecule has 178 valence electrons. The van der Waals surface area contributed by atoms with Crippen molar-refractivity contribution in [2.75, 3.05) is 46.3 Å². The van der Waals surface area contributed by atoms with Gasteiger partial charge in [-0.25, -0.2) is 4.79 Å². The highest BCUT2D eigenvalue weighted by Gasteiger charge is 2.25. The molecule has 0 saturated carbocycles. The van der Waals surface area contributed by atoms with Crippen LogP contribution in [0.3, 0.4) is 0 Å². The van der Waals surface area contributed by atoms with E-state index in [-0.39, 0.29) is 30.1 Å². The first-order valence-corrected chi connectivity index (χ1v) is 10.9. The smallest absolute Gasteiger partial charge is 0.410 e. The predicted octanol–water partition coefficient (Wildman–Crippen LogP) is 2.64. The molecule has 0 spiro atoms. The summed E-state index contributed by atoms with van der Waals surface area (Å²) in [6.07, 6.45) is 1.45. The van der Waals surface area contributed by atoms with Crippen LogP contribution >= 0.6 is 24.0 Å². The van der Waals surface area contributed by atoms with Crippen molar-refractivity contribution in [3.05, 3.63) is 17.0 Å². The normalized spacial score (nSPS) is 15.4. The van der Waals surface area contributed by atoms with Crippen molar-refractivity contribution in [2.24, 2.45) is 4.99 Å². The van der Waals surface area contributed by atoms with Gasteiger partial charge in [-0.05, 0) is 27.2 Å². The average Bonchev–Trinajstić information content (AvgIpc) is 3.11. The molecule has 1 aliphatic rings. The number of hydrogen-bond donors (Lipinski definition) is 2. The van der Waals surface area contributed by atoms with E-state index >= 15 is 0 Å². The SMILES string of the molecule is CCc1noc(CC)c1CNC(=NC)NCCN1CCN(C(=O)OC(C)(C)C)CC1.I. The minimum atomic E-state index is -0.455. The third-order valence-corrected chi connectivity index (χ3v) is 5.01. The topological polar surface area (TPSA) is 95.2 Å². The van der Waals surface area contributed by atoms with Gasteiger partial charge in [0.1, 0.15) is 11.4 Å². The van der Waals surface area contributed by atoms with Gasteiger partial charge in [-0.2, -0.15) is 0 Å². The Labute approximate surface area is 203 Å². The van der Waals surface area contributed by atoms with Gasteiger partial charge in [-0.15, -0.1) is 24.0 Å². The molecule has 0 aromatic carbocycles. The summed E-state index contributed by atoms with van der Waals surface area (Å²) in [6, 6.07) is 0. The third kappa shape index (κ3) is 8.83. The number of carbonyl (C=O) groups excluding carboxylic acids is 1. The number of carbonyl (C=O) groups is 1. The molecular weight excluding hydrogens is 511 g/mol. The molecule has 1 aromatic rings. The highest BCUT2D eigenvalue weighted by molar-refractivity contribution is 14.0. The molecule has 2 rings (SSSR count). The van der Waals surface area contributed by atoms with Gasteiger partial charge in [-0.1, -0.05) is 19.0 Å². The molecule has 1 aromatic heterocycles. The molecule has 1 amide bonds. The minimum Gasteiger partial charge on any atom is -0.444 e. The lowest BCUT2D eigenvalue weighted by molar-refractivity contribution is 0.0147. The van der Waals surface area contributed by atoms with Crippen molar-refractivity contribution >= 4 is 36.0 Å². The Bertz CT molecular complexity index is 687. The average molecular weight is 550 g/mol. The van der Waals surface area contributed by atoms with E-state index in [1.807, 2.05) is 20.8 Å². The van der Waals surface area contributed by atoms with E-state index in [0.717, 1.165) is 62.0 Å². The Morgan fingerprint density at radius 2 is 1.84 bits per heavy atom. The van der Waals surface area contributed by atoms with Crippen LogP contribution in [0.25, 0.3) is 0 Å². The van der Waals surface area contributed by atoms with E-state index in [2.05, 4.69) is 39.5 Å². The first-order valence-electron chi connectivity index (χ1n) is 10.9. The van der Waals surface area contributed by atoms with Gasteiger partial charge in [0, 0.05) is 64.8 Å². The van der Waals surface area contributed by atoms with Gasteiger partial charge in [0.15, 0.2) is 5.96 Å². The Morgan fingerprint density at radius 1 is 1.16 bits per heavy atom. The van der Waals surface area contributed by atoms with E-state index < -0.39 is 5.60 Å². The Balaban J connectivity index is 0.00000480. The lowest BCUT2D eigenvalue weighted by Crippen LogP contribution is -2.51. The molecule has 2 heterocycles. The molecule has 0 bridgehead atoms. The van der Waals surface area contributed by atoms with Crippen molar-refractivity contribution in [1.82, 2.24) is 25.6 Å². The summed E-state index contributed by atoms with van der Waals surface area (Å²) >= 11 is 0. The van der Waals surface area contributed by atoms with Gasteiger partial charge >= 0.3 is 6.09 Å². The molecule has 1 saturated heterocycles. The number of aliphatic imine (C=N–C) groups is 1. The van der Waals surface area contributed by atoms with Crippen LogP contribution in [0.2, 0.25) is 0 Å². The zero-order valence-corrected chi connectivity index (χ0v) is 22.1. The van der Waals surface area contributed by atoms with Gasteiger partial charge in [-0.3, -0.25) is 9.89 Å². The highest BCUT2D eigenvalue weighted by atomic mass is 127. The van der Waals surface area contributed by atoms with Crippen LogP contribution < -0.4 is 10.6 Å². The Kier molecular flexibility index (Phi) is 11.6. The zero-order chi connectivity index (χ0) is 22.1. The largest absolute Gasteiger partial charge is 0.444 e. The second-order valence-corrected chi connectivity index (χ2v) is 8.40. The maximum absolute atomic E-state index is 12.2. The second-order valence-electron chi connectivity index (χ2n) is 8.40. The summed E-state index contributed by atoms with van der Waals surface area (Å²) in [5.41, 5.74) is 1.67. The van der Waals surface area contributed by atoms with E-state index in [4.69, 9.17) is 9.26 Å². The third-order valence-electron chi connectivity index (χ3n) is 5.01. The maximum Gasteiger partial charge on any atom is 0.410 e. The Hall–Kier alpha value is -1.56. The van der Waals surface area contributed by atoms with Crippen LogP contribution in [0.1, 0.15) is 51.6 Å². The zero-order valence-electron chi connectivity index (χ0n) is 19.8. The molecular formula is C21H39IN6O3. The van der Waals surface area contributed by atoms with Crippen LogP contribution in [0, 0.1) is 0 Å². The molecule has 10 heteroatoms.